The van der Waals surface area contributed by atoms with Crippen LogP contribution in [0.25, 0.3) is 0 Å². The predicted octanol–water partition coefficient (Wildman–Crippen LogP) is 4.19. The number of hydrogen-bond acceptors (Lipinski definition) is 2. The molecule has 1 amide bonds. The fourth-order valence-corrected chi connectivity index (χ4v) is 3.16. The fraction of sp³-hybridized carbons (Fsp3) is 0.562. The molecule has 2 fully saturated rings. The number of carbonyl (C=O) groups excluding carboxylic acids is 1. The summed E-state index contributed by atoms with van der Waals surface area (Å²) in [6, 6.07) is 6.36. The van der Waals surface area contributed by atoms with Crippen molar-refractivity contribution in [2.24, 2.45) is 5.92 Å². The number of anilines is 1. The first kappa shape index (κ1) is 15.1. The van der Waals surface area contributed by atoms with Gasteiger partial charge in [-0.15, -0.1) is 0 Å². The van der Waals surface area contributed by atoms with Crippen LogP contribution in [0.2, 0.25) is 10.0 Å². The molecule has 1 unspecified atom stereocenters. The van der Waals surface area contributed by atoms with Crippen molar-refractivity contribution >= 4 is 34.8 Å². The number of carbonyl (C=O) groups is 1. The second-order valence-electron chi connectivity index (χ2n) is 6.13. The number of nitrogens with one attached hydrogen (secondary N) is 1. The molecule has 0 spiro atoms. The van der Waals surface area contributed by atoms with Crippen molar-refractivity contribution < 1.29 is 4.79 Å². The monoisotopic (exact) mass is 326 g/mol. The van der Waals surface area contributed by atoms with Crippen LogP contribution in [-0.2, 0) is 4.79 Å². The molecule has 0 heterocycles. The predicted molar refractivity (Wildman–Crippen MR) is 87.0 cm³/mol. The summed E-state index contributed by atoms with van der Waals surface area (Å²) in [4.78, 5) is 14.7. The van der Waals surface area contributed by atoms with Crippen LogP contribution in [0.5, 0.6) is 0 Å². The van der Waals surface area contributed by atoms with E-state index in [2.05, 4.69) is 17.1 Å². The van der Waals surface area contributed by atoms with E-state index in [4.69, 9.17) is 23.2 Å². The molecule has 1 atom stereocenters. The highest BCUT2D eigenvalue weighted by Gasteiger charge is 2.39. The van der Waals surface area contributed by atoms with Gasteiger partial charge in [0.2, 0.25) is 5.91 Å². The molecule has 2 saturated carbocycles. The summed E-state index contributed by atoms with van der Waals surface area (Å²) in [6.45, 7) is 2.68. The molecule has 0 saturated heterocycles. The van der Waals surface area contributed by atoms with Gasteiger partial charge in [0.05, 0.1) is 22.3 Å². The van der Waals surface area contributed by atoms with Crippen molar-refractivity contribution in [3.05, 3.63) is 28.2 Å². The fourth-order valence-electron chi connectivity index (χ4n) is 2.82. The van der Waals surface area contributed by atoms with Crippen LogP contribution in [0.4, 0.5) is 5.69 Å². The van der Waals surface area contributed by atoms with Crippen LogP contribution >= 0.6 is 23.2 Å². The van der Waals surface area contributed by atoms with Gasteiger partial charge in [0.1, 0.15) is 0 Å². The maximum atomic E-state index is 12.3. The normalized spacial score (nSPS) is 19.6. The van der Waals surface area contributed by atoms with Crippen molar-refractivity contribution in [3.63, 3.8) is 0 Å². The zero-order valence-corrected chi connectivity index (χ0v) is 13.6. The Labute approximate surface area is 135 Å². The number of amides is 1. The average Bonchev–Trinajstić information content (AvgIpc) is 3.31. The topological polar surface area (TPSA) is 32.3 Å². The second kappa shape index (κ2) is 6.15. The summed E-state index contributed by atoms with van der Waals surface area (Å²) in [5.41, 5.74) is 0.587. The van der Waals surface area contributed by atoms with Crippen LogP contribution in [0.1, 0.15) is 32.6 Å². The van der Waals surface area contributed by atoms with Crippen LogP contribution in [0, 0.1) is 5.92 Å². The Bertz CT molecular complexity index is 541. The smallest absolute Gasteiger partial charge is 0.238 e. The van der Waals surface area contributed by atoms with E-state index < -0.39 is 0 Å². The third kappa shape index (κ3) is 3.71. The SMILES string of the molecule is CC(C1CC1)N(CC(=O)Nc1cccc(Cl)c1Cl)C1CC1. The van der Waals surface area contributed by atoms with Crippen molar-refractivity contribution in [1.29, 1.82) is 0 Å². The highest BCUT2D eigenvalue weighted by Crippen LogP contribution is 2.39. The summed E-state index contributed by atoms with van der Waals surface area (Å²) >= 11 is 12.1. The minimum Gasteiger partial charge on any atom is -0.324 e. The number of halogens is 2. The molecule has 0 aromatic heterocycles. The van der Waals surface area contributed by atoms with E-state index in [1.807, 2.05) is 0 Å². The average molecular weight is 327 g/mol. The quantitative estimate of drug-likeness (QED) is 0.849. The van der Waals surface area contributed by atoms with Gasteiger partial charge in [-0.3, -0.25) is 9.69 Å². The molecule has 0 aliphatic heterocycles. The van der Waals surface area contributed by atoms with Crippen molar-refractivity contribution in [1.82, 2.24) is 4.90 Å². The van der Waals surface area contributed by atoms with Gasteiger partial charge in [-0.25, -0.2) is 0 Å². The first-order valence-electron chi connectivity index (χ1n) is 7.56. The Morgan fingerprint density at radius 1 is 1.33 bits per heavy atom. The van der Waals surface area contributed by atoms with Gasteiger partial charge in [0.15, 0.2) is 0 Å². The molecule has 0 radical (unpaired) electrons. The van der Waals surface area contributed by atoms with Crippen LogP contribution in [0.3, 0.4) is 0 Å². The first-order valence-corrected chi connectivity index (χ1v) is 8.31. The minimum absolute atomic E-state index is 0.0152. The Kier molecular flexibility index (Phi) is 4.43. The molecule has 5 heteroatoms. The molecule has 21 heavy (non-hydrogen) atoms. The van der Waals surface area contributed by atoms with Gasteiger partial charge in [0, 0.05) is 12.1 Å². The summed E-state index contributed by atoms with van der Waals surface area (Å²) in [5.74, 6) is 0.756. The Hall–Kier alpha value is -0.770. The highest BCUT2D eigenvalue weighted by atomic mass is 35.5. The Balaban J connectivity index is 1.63. The van der Waals surface area contributed by atoms with E-state index in [0.29, 0.717) is 34.4 Å². The molecule has 1 aromatic rings. The van der Waals surface area contributed by atoms with Crippen molar-refractivity contribution in [3.8, 4) is 0 Å². The van der Waals surface area contributed by atoms with Gasteiger partial charge < -0.3 is 5.32 Å². The minimum atomic E-state index is -0.0152. The molecule has 1 aromatic carbocycles. The molecule has 1 N–H and O–H groups in total. The van der Waals surface area contributed by atoms with E-state index in [1.165, 1.54) is 25.7 Å². The van der Waals surface area contributed by atoms with Crippen molar-refractivity contribution in [2.75, 3.05) is 11.9 Å². The summed E-state index contributed by atoms with van der Waals surface area (Å²) in [5, 5.41) is 3.74. The highest BCUT2D eigenvalue weighted by molar-refractivity contribution is 6.43. The van der Waals surface area contributed by atoms with Crippen molar-refractivity contribution in [2.45, 2.75) is 44.7 Å². The van der Waals surface area contributed by atoms with Gasteiger partial charge >= 0.3 is 0 Å². The van der Waals surface area contributed by atoms with Gasteiger partial charge in [-0.2, -0.15) is 0 Å². The maximum Gasteiger partial charge on any atom is 0.238 e. The Morgan fingerprint density at radius 2 is 2.05 bits per heavy atom. The van der Waals surface area contributed by atoms with E-state index in [0.717, 1.165) is 5.92 Å². The lowest BCUT2D eigenvalue weighted by molar-refractivity contribution is -0.118. The standard InChI is InChI=1S/C16H20Cl2N2O/c1-10(11-5-6-11)20(12-7-8-12)9-15(21)19-14-4-2-3-13(17)16(14)18/h2-4,10-12H,5-9H2,1H3,(H,19,21). The summed E-state index contributed by atoms with van der Waals surface area (Å²) in [6.07, 6.45) is 5.02. The molecule has 0 bridgehead atoms. The lowest BCUT2D eigenvalue weighted by Crippen LogP contribution is -2.42. The van der Waals surface area contributed by atoms with Gasteiger partial charge in [-0.1, -0.05) is 29.3 Å². The molecule has 2 aliphatic rings. The third-order valence-electron chi connectivity index (χ3n) is 4.40. The number of nitrogens with zero attached hydrogens (tertiary/aromatic N) is 1. The second-order valence-corrected chi connectivity index (χ2v) is 6.92. The number of hydrogen-bond donors (Lipinski definition) is 1. The van der Waals surface area contributed by atoms with Crippen LogP contribution in [-0.4, -0.2) is 29.4 Å². The lowest BCUT2D eigenvalue weighted by atomic mass is 10.1. The van der Waals surface area contributed by atoms with Gasteiger partial charge in [-0.05, 0) is 50.7 Å². The summed E-state index contributed by atoms with van der Waals surface area (Å²) in [7, 11) is 0. The summed E-state index contributed by atoms with van der Waals surface area (Å²) < 4.78 is 0. The van der Waals surface area contributed by atoms with E-state index in [-0.39, 0.29) is 5.91 Å². The first-order chi connectivity index (χ1) is 10.1. The molecule has 114 valence electrons. The third-order valence-corrected chi connectivity index (χ3v) is 5.21. The van der Waals surface area contributed by atoms with Crippen LogP contribution < -0.4 is 5.32 Å². The number of rotatable bonds is 6. The molecule has 2 aliphatic carbocycles. The molecule has 3 rings (SSSR count). The van der Waals surface area contributed by atoms with E-state index >= 15 is 0 Å². The maximum absolute atomic E-state index is 12.3. The largest absolute Gasteiger partial charge is 0.324 e. The lowest BCUT2D eigenvalue weighted by Gasteiger charge is -2.28. The molecule has 3 nitrogen and oxygen atoms in total. The number of benzene rings is 1. The molecular formula is C16H20Cl2N2O. The zero-order chi connectivity index (χ0) is 15.0. The molecular weight excluding hydrogens is 307 g/mol. The van der Waals surface area contributed by atoms with Gasteiger partial charge in [0.25, 0.3) is 0 Å². The van der Waals surface area contributed by atoms with E-state index in [1.54, 1.807) is 18.2 Å². The van der Waals surface area contributed by atoms with Crippen LogP contribution in [0.15, 0.2) is 18.2 Å². The zero-order valence-electron chi connectivity index (χ0n) is 12.1. The van der Waals surface area contributed by atoms with E-state index in [9.17, 15) is 4.79 Å². The Morgan fingerprint density at radius 3 is 2.67 bits per heavy atom.